The summed E-state index contributed by atoms with van der Waals surface area (Å²) in [4.78, 5) is 26.0. The molecule has 0 atom stereocenters. The van der Waals surface area contributed by atoms with Crippen molar-refractivity contribution < 1.29 is 18.7 Å². The van der Waals surface area contributed by atoms with Crippen LogP contribution in [0.25, 0.3) is 11.5 Å². The first kappa shape index (κ1) is 19.7. The smallest absolute Gasteiger partial charge is 0.341 e. The molecule has 3 aromatic rings. The number of carbonyl (C=O) groups is 2. The molecule has 29 heavy (non-hydrogen) atoms. The SMILES string of the molecule is CCOC(=O)c1c(NC(=O)CSc2ccc(-c3ccco3)nn2)sc2c1CCC2. The quantitative estimate of drug-likeness (QED) is 0.444. The highest BCUT2D eigenvalue weighted by molar-refractivity contribution is 7.99. The third-order valence-corrected chi connectivity index (χ3v) is 6.55. The van der Waals surface area contributed by atoms with Crippen molar-refractivity contribution in [2.45, 2.75) is 31.2 Å². The van der Waals surface area contributed by atoms with Crippen molar-refractivity contribution in [2.24, 2.45) is 0 Å². The molecule has 0 radical (unpaired) electrons. The second-order valence-electron chi connectivity index (χ2n) is 6.35. The van der Waals surface area contributed by atoms with Gasteiger partial charge in [-0.1, -0.05) is 11.8 Å². The number of furan rings is 1. The van der Waals surface area contributed by atoms with Crippen molar-refractivity contribution in [1.82, 2.24) is 10.2 Å². The van der Waals surface area contributed by atoms with E-state index in [9.17, 15) is 9.59 Å². The number of esters is 1. The molecule has 0 unspecified atom stereocenters. The molecule has 4 rings (SSSR count). The van der Waals surface area contributed by atoms with Crippen molar-refractivity contribution in [3.05, 3.63) is 46.5 Å². The highest BCUT2D eigenvalue weighted by Crippen LogP contribution is 2.39. The van der Waals surface area contributed by atoms with Gasteiger partial charge in [-0.2, -0.15) is 0 Å². The van der Waals surface area contributed by atoms with Crippen LogP contribution in [-0.4, -0.2) is 34.4 Å². The summed E-state index contributed by atoms with van der Waals surface area (Å²) in [5, 5.41) is 12.3. The molecule has 0 aromatic carbocycles. The number of hydrogen-bond donors (Lipinski definition) is 1. The van der Waals surface area contributed by atoms with Gasteiger partial charge in [-0.25, -0.2) is 4.79 Å². The number of nitrogens with one attached hydrogen (secondary N) is 1. The van der Waals surface area contributed by atoms with Gasteiger partial charge in [0.2, 0.25) is 5.91 Å². The second kappa shape index (κ2) is 8.79. The maximum atomic E-state index is 12.5. The lowest BCUT2D eigenvalue weighted by molar-refractivity contribution is -0.113. The molecule has 7 nitrogen and oxygen atoms in total. The number of thioether (sulfide) groups is 1. The molecular weight excluding hydrogens is 410 g/mol. The Morgan fingerprint density at radius 3 is 2.90 bits per heavy atom. The minimum Gasteiger partial charge on any atom is -0.463 e. The van der Waals surface area contributed by atoms with E-state index in [0.717, 1.165) is 29.7 Å². The molecule has 0 aliphatic heterocycles. The fraction of sp³-hybridized carbons (Fsp3) is 0.300. The minimum atomic E-state index is -0.366. The summed E-state index contributed by atoms with van der Waals surface area (Å²) in [5.41, 5.74) is 2.18. The predicted octanol–water partition coefficient (Wildman–Crippen LogP) is 4.19. The number of amides is 1. The van der Waals surface area contributed by atoms with E-state index >= 15 is 0 Å². The van der Waals surface area contributed by atoms with Crippen LogP contribution in [0.3, 0.4) is 0 Å². The van der Waals surface area contributed by atoms with Crippen LogP contribution in [0.1, 0.15) is 34.1 Å². The fourth-order valence-electron chi connectivity index (χ4n) is 3.17. The highest BCUT2D eigenvalue weighted by atomic mass is 32.2. The lowest BCUT2D eigenvalue weighted by atomic mass is 10.1. The van der Waals surface area contributed by atoms with Gasteiger partial charge in [-0.3, -0.25) is 4.79 Å². The van der Waals surface area contributed by atoms with Crippen molar-refractivity contribution in [3.8, 4) is 11.5 Å². The highest BCUT2D eigenvalue weighted by Gasteiger charge is 2.28. The summed E-state index contributed by atoms with van der Waals surface area (Å²) in [6, 6.07) is 7.19. The van der Waals surface area contributed by atoms with Gasteiger partial charge in [0.25, 0.3) is 0 Å². The topological polar surface area (TPSA) is 94.3 Å². The minimum absolute atomic E-state index is 0.166. The van der Waals surface area contributed by atoms with Crippen LogP contribution >= 0.6 is 23.1 Å². The summed E-state index contributed by atoms with van der Waals surface area (Å²) in [6.07, 6.45) is 4.40. The maximum absolute atomic E-state index is 12.5. The lowest BCUT2D eigenvalue weighted by Gasteiger charge is -2.08. The number of carbonyl (C=O) groups excluding carboxylic acids is 2. The summed E-state index contributed by atoms with van der Waals surface area (Å²) >= 11 is 2.75. The van der Waals surface area contributed by atoms with E-state index in [1.165, 1.54) is 23.1 Å². The number of fused-ring (bicyclic) bond motifs is 1. The van der Waals surface area contributed by atoms with Crippen LogP contribution in [0.4, 0.5) is 5.00 Å². The summed E-state index contributed by atoms with van der Waals surface area (Å²) in [7, 11) is 0. The second-order valence-corrected chi connectivity index (χ2v) is 8.45. The molecule has 0 fully saturated rings. The number of rotatable bonds is 7. The zero-order valence-corrected chi connectivity index (χ0v) is 17.4. The summed E-state index contributed by atoms with van der Waals surface area (Å²) < 4.78 is 10.5. The molecule has 3 aromatic heterocycles. The van der Waals surface area contributed by atoms with Crippen molar-refractivity contribution in [1.29, 1.82) is 0 Å². The first-order valence-corrected chi connectivity index (χ1v) is 11.1. The van der Waals surface area contributed by atoms with Crippen LogP contribution in [0, 0.1) is 0 Å². The van der Waals surface area contributed by atoms with E-state index in [1.807, 2.05) is 6.07 Å². The largest absolute Gasteiger partial charge is 0.463 e. The third-order valence-electron chi connectivity index (χ3n) is 4.42. The number of thiophene rings is 1. The van der Waals surface area contributed by atoms with Gasteiger partial charge < -0.3 is 14.5 Å². The van der Waals surface area contributed by atoms with Crippen molar-refractivity contribution >= 4 is 40.0 Å². The molecule has 0 saturated carbocycles. The van der Waals surface area contributed by atoms with Crippen molar-refractivity contribution in [2.75, 3.05) is 17.7 Å². The van der Waals surface area contributed by atoms with Crippen LogP contribution in [0.15, 0.2) is 40.0 Å². The zero-order valence-electron chi connectivity index (χ0n) is 15.8. The van der Waals surface area contributed by atoms with Gasteiger partial charge in [0.1, 0.15) is 15.7 Å². The van der Waals surface area contributed by atoms with E-state index in [-0.39, 0.29) is 17.6 Å². The molecule has 1 aliphatic rings. The number of anilines is 1. The van der Waals surface area contributed by atoms with E-state index in [4.69, 9.17) is 9.15 Å². The fourth-order valence-corrected chi connectivity index (χ4v) is 5.07. The van der Waals surface area contributed by atoms with Gasteiger partial charge >= 0.3 is 5.97 Å². The summed E-state index contributed by atoms with van der Waals surface area (Å²) in [5.74, 6) is 0.246. The van der Waals surface area contributed by atoms with Gasteiger partial charge in [-0.15, -0.1) is 21.5 Å². The van der Waals surface area contributed by atoms with Gasteiger partial charge in [0, 0.05) is 4.88 Å². The zero-order chi connectivity index (χ0) is 20.2. The molecule has 0 spiro atoms. The molecule has 0 bridgehead atoms. The number of hydrogen-bond acceptors (Lipinski definition) is 8. The third kappa shape index (κ3) is 4.35. The van der Waals surface area contributed by atoms with Crippen LogP contribution in [0.5, 0.6) is 0 Å². The van der Waals surface area contributed by atoms with E-state index < -0.39 is 0 Å². The number of ether oxygens (including phenoxy) is 1. The Bertz CT molecular complexity index is 1010. The normalized spacial score (nSPS) is 12.6. The van der Waals surface area contributed by atoms with E-state index in [2.05, 4.69) is 15.5 Å². The number of nitrogens with zero attached hydrogens (tertiary/aromatic N) is 2. The lowest BCUT2D eigenvalue weighted by Crippen LogP contribution is -2.16. The molecular formula is C20H19N3O4S2. The summed E-state index contributed by atoms with van der Waals surface area (Å²) in [6.45, 7) is 2.08. The van der Waals surface area contributed by atoms with Crippen molar-refractivity contribution in [3.63, 3.8) is 0 Å². The molecule has 1 amide bonds. The van der Waals surface area contributed by atoms with E-state index in [1.54, 1.807) is 31.4 Å². The number of aromatic nitrogens is 2. The number of aryl methyl sites for hydroxylation is 1. The monoisotopic (exact) mass is 429 g/mol. The Morgan fingerprint density at radius 2 is 2.17 bits per heavy atom. The molecule has 9 heteroatoms. The molecule has 0 saturated heterocycles. The molecule has 150 valence electrons. The molecule has 1 aliphatic carbocycles. The van der Waals surface area contributed by atoms with E-state index in [0.29, 0.717) is 33.7 Å². The maximum Gasteiger partial charge on any atom is 0.341 e. The van der Waals surface area contributed by atoms with Crippen LogP contribution in [-0.2, 0) is 22.4 Å². The molecule has 1 N–H and O–H groups in total. The Kier molecular flexibility index (Phi) is 5.96. The van der Waals surface area contributed by atoms with Crippen LogP contribution < -0.4 is 5.32 Å². The average molecular weight is 430 g/mol. The first-order valence-electron chi connectivity index (χ1n) is 9.27. The van der Waals surface area contributed by atoms with Gasteiger partial charge in [0.05, 0.1) is 24.2 Å². The van der Waals surface area contributed by atoms with Gasteiger partial charge in [0.15, 0.2) is 5.76 Å². The Labute approximate surface area is 175 Å². The Morgan fingerprint density at radius 1 is 1.28 bits per heavy atom. The average Bonchev–Trinajstić information content (AvgIpc) is 3.44. The Balaban J connectivity index is 1.39. The van der Waals surface area contributed by atoms with Gasteiger partial charge in [-0.05, 0) is 56.0 Å². The molecule has 3 heterocycles. The predicted molar refractivity (Wildman–Crippen MR) is 111 cm³/mol. The Hall–Kier alpha value is -2.65. The van der Waals surface area contributed by atoms with Crippen LogP contribution in [0.2, 0.25) is 0 Å². The standard InChI is InChI=1S/C20H19N3O4S2/c1-2-26-20(25)18-12-5-3-7-15(12)29-19(18)21-16(24)11-28-17-9-8-13(22-23-17)14-6-4-10-27-14/h4,6,8-10H,2-3,5,7,11H2,1H3,(H,21,24). The first-order chi connectivity index (χ1) is 14.2.